The number of carbonyl (C=O) groups is 1. The molecule has 1 aromatic carbocycles. The number of hydrogen-bond donors (Lipinski definition) is 1. The van der Waals surface area contributed by atoms with Gasteiger partial charge in [0.15, 0.2) is 5.60 Å². The maximum atomic E-state index is 12.4. The highest BCUT2D eigenvalue weighted by Crippen LogP contribution is 2.33. The summed E-state index contributed by atoms with van der Waals surface area (Å²) >= 11 is 0. The van der Waals surface area contributed by atoms with Crippen molar-refractivity contribution < 1.29 is 14.6 Å². The van der Waals surface area contributed by atoms with Gasteiger partial charge >= 0.3 is 5.97 Å². The Morgan fingerprint density at radius 2 is 2.19 bits per heavy atom. The van der Waals surface area contributed by atoms with E-state index in [9.17, 15) is 9.90 Å². The van der Waals surface area contributed by atoms with Crippen LogP contribution in [-0.2, 0) is 11.3 Å². The SMILES string of the molecule is C=Cc1ccc(C(=O)OC2(C#CC)CCCC2)c(CO)c1. The average Bonchev–Trinajstić information content (AvgIpc) is 2.95. The second kappa shape index (κ2) is 6.60. The second-order valence-corrected chi connectivity index (χ2v) is 5.24. The lowest BCUT2D eigenvalue weighted by molar-refractivity contribution is 0.0100. The van der Waals surface area contributed by atoms with Crippen molar-refractivity contribution in [3.05, 3.63) is 41.5 Å². The molecule has 1 fully saturated rings. The summed E-state index contributed by atoms with van der Waals surface area (Å²) < 4.78 is 5.69. The summed E-state index contributed by atoms with van der Waals surface area (Å²) in [6.07, 6.45) is 5.27. The van der Waals surface area contributed by atoms with E-state index in [-0.39, 0.29) is 6.61 Å². The van der Waals surface area contributed by atoms with Crippen molar-refractivity contribution in [1.29, 1.82) is 0 Å². The molecule has 0 amide bonds. The van der Waals surface area contributed by atoms with Crippen LogP contribution < -0.4 is 0 Å². The Balaban J connectivity index is 2.27. The quantitative estimate of drug-likeness (QED) is 0.681. The number of carbonyl (C=O) groups excluding carboxylic acids is 1. The molecular weight excluding hydrogens is 264 g/mol. The minimum atomic E-state index is -0.657. The van der Waals surface area contributed by atoms with Gasteiger partial charge in [-0.25, -0.2) is 4.79 Å². The van der Waals surface area contributed by atoms with Crippen LogP contribution in [0.15, 0.2) is 24.8 Å². The molecule has 1 aliphatic rings. The van der Waals surface area contributed by atoms with Gasteiger partial charge in [0.05, 0.1) is 12.2 Å². The number of aliphatic hydroxyl groups excluding tert-OH is 1. The van der Waals surface area contributed by atoms with E-state index >= 15 is 0 Å². The summed E-state index contributed by atoms with van der Waals surface area (Å²) in [4.78, 5) is 12.4. The first-order chi connectivity index (χ1) is 10.1. The van der Waals surface area contributed by atoms with Gasteiger partial charge in [0, 0.05) is 0 Å². The largest absolute Gasteiger partial charge is 0.442 e. The number of hydrogen-bond acceptors (Lipinski definition) is 3. The minimum Gasteiger partial charge on any atom is -0.442 e. The molecule has 0 unspecified atom stereocenters. The number of aliphatic hydroxyl groups is 1. The van der Waals surface area contributed by atoms with Gasteiger partial charge in [-0.3, -0.25) is 0 Å². The molecule has 1 aliphatic carbocycles. The standard InChI is InChI=1S/C18H20O3/c1-3-9-18(10-5-6-11-18)21-17(20)16-8-7-14(4-2)12-15(16)13-19/h4,7-8,12,19H,2,5-6,10-11,13H2,1H3. The van der Waals surface area contributed by atoms with Crippen molar-refractivity contribution >= 4 is 12.0 Å². The van der Waals surface area contributed by atoms with E-state index in [1.165, 1.54) is 0 Å². The highest BCUT2D eigenvalue weighted by molar-refractivity contribution is 5.92. The minimum absolute atomic E-state index is 0.210. The first kappa shape index (κ1) is 15.3. The van der Waals surface area contributed by atoms with Crippen molar-refractivity contribution in [2.24, 2.45) is 0 Å². The first-order valence-electron chi connectivity index (χ1n) is 7.17. The molecule has 1 aromatic rings. The second-order valence-electron chi connectivity index (χ2n) is 5.24. The Labute approximate surface area is 125 Å². The van der Waals surface area contributed by atoms with Crippen LogP contribution in [0.2, 0.25) is 0 Å². The van der Waals surface area contributed by atoms with Crippen LogP contribution in [0.1, 0.15) is 54.1 Å². The third kappa shape index (κ3) is 3.34. The number of rotatable bonds is 4. The van der Waals surface area contributed by atoms with Crippen LogP contribution in [0.4, 0.5) is 0 Å². The molecule has 0 atom stereocenters. The molecule has 110 valence electrons. The third-order valence-corrected chi connectivity index (χ3v) is 3.81. The molecule has 3 heteroatoms. The number of ether oxygens (including phenoxy) is 1. The summed E-state index contributed by atoms with van der Waals surface area (Å²) in [6.45, 7) is 5.23. The van der Waals surface area contributed by atoms with E-state index in [0.29, 0.717) is 11.1 Å². The Hall–Kier alpha value is -2.05. The van der Waals surface area contributed by atoms with E-state index in [1.807, 2.05) is 0 Å². The van der Waals surface area contributed by atoms with Crippen molar-refractivity contribution in [2.45, 2.75) is 44.8 Å². The van der Waals surface area contributed by atoms with Crippen molar-refractivity contribution in [2.75, 3.05) is 0 Å². The Morgan fingerprint density at radius 1 is 1.48 bits per heavy atom. The van der Waals surface area contributed by atoms with E-state index in [1.54, 1.807) is 31.2 Å². The summed E-state index contributed by atoms with van der Waals surface area (Å²) in [5.74, 6) is 5.49. The van der Waals surface area contributed by atoms with Gasteiger partial charge in [0.2, 0.25) is 0 Å². The summed E-state index contributed by atoms with van der Waals surface area (Å²) in [5, 5.41) is 9.45. The molecule has 0 bridgehead atoms. The normalized spacial score (nSPS) is 15.9. The van der Waals surface area contributed by atoms with Gasteiger partial charge in [-0.2, -0.15) is 0 Å². The summed E-state index contributed by atoms with van der Waals surface area (Å²) in [5.41, 5.74) is 1.15. The van der Waals surface area contributed by atoms with Crippen molar-refractivity contribution in [3.63, 3.8) is 0 Å². The van der Waals surface area contributed by atoms with Crippen LogP contribution in [-0.4, -0.2) is 16.7 Å². The average molecular weight is 284 g/mol. The predicted octanol–water partition coefficient (Wildman–Crippen LogP) is 3.31. The van der Waals surface area contributed by atoms with Crippen molar-refractivity contribution in [3.8, 4) is 11.8 Å². The molecule has 3 nitrogen and oxygen atoms in total. The van der Waals surface area contributed by atoms with E-state index < -0.39 is 11.6 Å². The number of benzene rings is 1. The molecule has 0 aliphatic heterocycles. The molecule has 1 N–H and O–H groups in total. The Morgan fingerprint density at radius 3 is 2.76 bits per heavy atom. The maximum Gasteiger partial charge on any atom is 0.340 e. The lowest BCUT2D eigenvalue weighted by Crippen LogP contribution is -2.30. The van der Waals surface area contributed by atoms with E-state index in [2.05, 4.69) is 18.4 Å². The van der Waals surface area contributed by atoms with Gasteiger partial charge in [0.25, 0.3) is 0 Å². The topological polar surface area (TPSA) is 46.5 Å². The zero-order valence-electron chi connectivity index (χ0n) is 12.3. The summed E-state index contributed by atoms with van der Waals surface area (Å²) in [6, 6.07) is 5.21. The van der Waals surface area contributed by atoms with E-state index in [4.69, 9.17) is 4.74 Å². The molecule has 21 heavy (non-hydrogen) atoms. The summed E-state index contributed by atoms with van der Waals surface area (Å²) in [7, 11) is 0. The van der Waals surface area contributed by atoms with Crippen LogP contribution in [0.3, 0.4) is 0 Å². The third-order valence-electron chi connectivity index (χ3n) is 3.81. The Kier molecular flexibility index (Phi) is 4.82. The van der Waals surface area contributed by atoms with E-state index in [0.717, 1.165) is 31.2 Å². The fourth-order valence-electron chi connectivity index (χ4n) is 2.73. The van der Waals surface area contributed by atoms with Gasteiger partial charge in [-0.15, -0.1) is 5.92 Å². The highest BCUT2D eigenvalue weighted by Gasteiger charge is 2.36. The van der Waals surface area contributed by atoms with Crippen LogP contribution in [0, 0.1) is 11.8 Å². The van der Waals surface area contributed by atoms with Gasteiger partial charge in [-0.05, 0) is 55.9 Å². The molecular formula is C18H20O3. The van der Waals surface area contributed by atoms with Gasteiger partial charge in [0.1, 0.15) is 0 Å². The number of esters is 1. The lowest BCUT2D eigenvalue weighted by Gasteiger charge is -2.23. The smallest absolute Gasteiger partial charge is 0.340 e. The molecule has 0 saturated heterocycles. The van der Waals surface area contributed by atoms with Crippen LogP contribution in [0.5, 0.6) is 0 Å². The molecule has 0 heterocycles. The molecule has 1 saturated carbocycles. The zero-order chi connectivity index (χ0) is 15.3. The van der Waals surface area contributed by atoms with Gasteiger partial charge in [-0.1, -0.05) is 24.6 Å². The molecule has 0 spiro atoms. The first-order valence-corrected chi connectivity index (χ1v) is 7.17. The van der Waals surface area contributed by atoms with Crippen LogP contribution in [0.25, 0.3) is 6.08 Å². The monoisotopic (exact) mass is 284 g/mol. The predicted molar refractivity (Wildman–Crippen MR) is 82.5 cm³/mol. The fourth-order valence-corrected chi connectivity index (χ4v) is 2.73. The Bertz CT molecular complexity index is 599. The zero-order valence-corrected chi connectivity index (χ0v) is 12.3. The van der Waals surface area contributed by atoms with Crippen LogP contribution >= 0.6 is 0 Å². The molecule has 2 rings (SSSR count). The van der Waals surface area contributed by atoms with Gasteiger partial charge < -0.3 is 9.84 Å². The maximum absolute atomic E-state index is 12.4. The molecule has 0 radical (unpaired) electrons. The lowest BCUT2D eigenvalue weighted by atomic mass is 10.0. The van der Waals surface area contributed by atoms with Crippen molar-refractivity contribution in [1.82, 2.24) is 0 Å². The molecule has 0 aromatic heterocycles. The fraction of sp³-hybridized carbons (Fsp3) is 0.389. The highest BCUT2D eigenvalue weighted by atomic mass is 16.6.